The molecular formula is C13H19ClN2O. The zero-order valence-electron chi connectivity index (χ0n) is 10.7. The summed E-state index contributed by atoms with van der Waals surface area (Å²) in [7, 11) is 1.83. The van der Waals surface area contributed by atoms with Crippen LogP contribution in [0, 0.1) is 12.3 Å². The van der Waals surface area contributed by atoms with Crippen molar-refractivity contribution in [3.8, 4) is 0 Å². The first kappa shape index (κ1) is 14.0. The lowest BCUT2D eigenvalue weighted by Gasteiger charge is -2.23. The third-order valence-corrected chi connectivity index (χ3v) is 3.07. The Morgan fingerprint density at radius 1 is 1.41 bits per heavy atom. The van der Waals surface area contributed by atoms with Gasteiger partial charge in [0.1, 0.15) is 0 Å². The largest absolute Gasteiger partial charge is 0.326 e. The van der Waals surface area contributed by atoms with Crippen molar-refractivity contribution in [3.63, 3.8) is 0 Å². The summed E-state index contributed by atoms with van der Waals surface area (Å²) in [6, 6.07) is 5.52. The van der Waals surface area contributed by atoms with E-state index in [-0.39, 0.29) is 5.91 Å². The average molecular weight is 255 g/mol. The number of carbonyl (C=O) groups is 1. The number of benzene rings is 1. The molecule has 1 aromatic carbocycles. The molecule has 0 atom stereocenters. The second-order valence-electron chi connectivity index (χ2n) is 4.83. The molecule has 0 saturated heterocycles. The molecule has 0 spiro atoms. The van der Waals surface area contributed by atoms with Gasteiger partial charge in [0.25, 0.3) is 0 Å². The van der Waals surface area contributed by atoms with Gasteiger partial charge in [0, 0.05) is 17.3 Å². The van der Waals surface area contributed by atoms with Crippen LogP contribution in [0.3, 0.4) is 0 Å². The minimum absolute atomic E-state index is 0.0215. The van der Waals surface area contributed by atoms with Crippen LogP contribution in [0.1, 0.15) is 19.4 Å². The van der Waals surface area contributed by atoms with Crippen molar-refractivity contribution in [2.45, 2.75) is 20.8 Å². The molecule has 0 aliphatic rings. The van der Waals surface area contributed by atoms with Gasteiger partial charge in [0.2, 0.25) is 5.91 Å². The number of carbonyl (C=O) groups excluding carboxylic acids is 1. The van der Waals surface area contributed by atoms with Crippen LogP contribution in [0.25, 0.3) is 0 Å². The van der Waals surface area contributed by atoms with E-state index in [1.807, 2.05) is 40.0 Å². The monoisotopic (exact) mass is 254 g/mol. The normalized spacial score (nSPS) is 11.4. The van der Waals surface area contributed by atoms with Gasteiger partial charge in [-0.1, -0.05) is 17.7 Å². The van der Waals surface area contributed by atoms with Crippen LogP contribution in [0.4, 0.5) is 5.69 Å². The number of anilines is 1. The molecule has 0 aliphatic carbocycles. The highest BCUT2D eigenvalue weighted by Gasteiger charge is 2.26. The maximum Gasteiger partial charge on any atom is 0.231 e. The van der Waals surface area contributed by atoms with Gasteiger partial charge in [0.15, 0.2) is 0 Å². The van der Waals surface area contributed by atoms with Gasteiger partial charge in [0.05, 0.1) is 5.41 Å². The number of nitrogens with one attached hydrogen (secondary N) is 2. The fourth-order valence-electron chi connectivity index (χ4n) is 1.49. The molecular weight excluding hydrogens is 236 g/mol. The Balaban J connectivity index is 2.77. The van der Waals surface area contributed by atoms with Crippen LogP contribution in [-0.4, -0.2) is 19.5 Å². The maximum absolute atomic E-state index is 12.0. The first-order valence-corrected chi connectivity index (χ1v) is 5.97. The summed E-state index contributed by atoms with van der Waals surface area (Å²) in [5.74, 6) is -0.0215. The van der Waals surface area contributed by atoms with E-state index in [1.54, 1.807) is 6.07 Å². The van der Waals surface area contributed by atoms with Gasteiger partial charge < -0.3 is 10.6 Å². The fraction of sp³-hybridized carbons (Fsp3) is 0.462. The first-order valence-electron chi connectivity index (χ1n) is 5.59. The molecule has 0 aliphatic heterocycles. The highest BCUT2D eigenvalue weighted by Crippen LogP contribution is 2.22. The number of hydrogen-bond donors (Lipinski definition) is 2. The lowest BCUT2D eigenvalue weighted by atomic mass is 9.92. The van der Waals surface area contributed by atoms with Crippen molar-refractivity contribution in [2.24, 2.45) is 5.41 Å². The Morgan fingerprint density at radius 3 is 2.59 bits per heavy atom. The second kappa shape index (κ2) is 5.52. The van der Waals surface area contributed by atoms with Crippen LogP contribution >= 0.6 is 11.6 Å². The molecule has 17 heavy (non-hydrogen) atoms. The predicted octanol–water partition coefficient (Wildman–Crippen LogP) is 2.83. The van der Waals surface area contributed by atoms with Gasteiger partial charge in [-0.05, 0) is 45.5 Å². The summed E-state index contributed by atoms with van der Waals surface area (Å²) < 4.78 is 0. The molecule has 0 saturated carbocycles. The number of hydrogen-bond acceptors (Lipinski definition) is 2. The lowest BCUT2D eigenvalue weighted by Crippen LogP contribution is -2.38. The quantitative estimate of drug-likeness (QED) is 0.868. The van der Waals surface area contributed by atoms with Crippen LogP contribution in [0.2, 0.25) is 5.02 Å². The van der Waals surface area contributed by atoms with Crippen molar-refractivity contribution in [1.82, 2.24) is 5.32 Å². The second-order valence-corrected chi connectivity index (χ2v) is 5.24. The van der Waals surface area contributed by atoms with Crippen molar-refractivity contribution < 1.29 is 4.79 Å². The summed E-state index contributed by atoms with van der Waals surface area (Å²) in [5.41, 5.74) is 1.28. The van der Waals surface area contributed by atoms with Gasteiger partial charge in [-0.3, -0.25) is 4.79 Å². The first-order chi connectivity index (χ1) is 7.86. The minimum Gasteiger partial charge on any atom is -0.326 e. The highest BCUT2D eigenvalue weighted by atomic mass is 35.5. The van der Waals surface area contributed by atoms with Crippen molar-refractivity contribution in [2.75, 3.05) is 18.9 Å². The molecule has 0 radical (unpaired) electrons. The van der Waals surface area contributed by atoms with Crippen molar-refractivity contribution in [1.29, 1.82) is 0 Å². The molecule has 1 aromatic rings. The predicted molar refractivity (Wildman–Crippen MR) is 72.5 cm³/mol. The molecule has 0 fully saturated rings. The number of amides is 1. The zero-order chi connectivity index (χ0) is 13.1. The molecule has 3 nitrogen and oxygen atoms in total. The maximum atomic E-state index is 12.0. The third-order valence-electron chi connectivity index (χ3n) is 2.66. The third kappa shape index (κ3) is 3.72. The van der Waals surface area contributed by atoms with Crippen LogP contribution in [-0.2, 0) is 4.79 Å². The van der Waals surface area contributed by atoms with E-state index >= 15 is 0 Å². The van der Waals surface area contributed by atoms with Gasteiger partial charge in [-0.15, -0.1) is 0 Å². The number of rotatable bonds is 4. The Kier molecular flexibility index (Phi) is 4.54. The number of aryl methyl sites for hydroxylation is 1. The van der Waals surface area contributed by atoms with E-state index < -0.39 is 5.41 Å². The van der Waals surface area contributed by atoms with Gasteiger partial charge in [-0.25, -0.2) is 0 Å². The summed E-state index contributed by atoms with van der Waals surface area (Å²) in [6.45, 7) is 6.35. The molecule has 94 valence electrons. The molecule has 0 bridgehead atoms. The van der Waals surface area contributed by atoms with E-state index in [0.717, 1.165) is 11.3 Å². The summed E-state index contributed by atoms with van der Waals surface area (Å²) in [4.78, 5) is 12.0. The van der Waals surface area contributed by atoms with E-state index in [0.29, 0.717) is 11.6 Å². The van der Waals surface area contributed by atoms with Gasteiger partial charge in [-0.2, -0.15) is 0 Å². The van der Waals surface area contributed by atoms with E-state index in [1.165, 1.54) is 0 Å². The molecule has 0 aromatic heterocycles. The number of halogens is 1. The molecule has 0 unspecified atom stereocenters. The molecule has 2 N–H and O–H groups in total. The van der Waals surface area contributed by atoms with Crippen molar-refractivity contribution >= 4 is 23.2 Å². The molecule has 1 rings (SSSR count). The topological polar surface area (TPSA) is 41.1 Å². The average Bonchev–Trinajstić information content (AvgIpc) is 2.23. The van der Waals surface area contributed by atoms with Crippen LogP contribution in [0.15, 0.2) is 18.2 Å². The fourth-order valence-corrected chi connectivity index (χ4v) is 1.67. The van der Waals surface area contributed by atoms with Gasteiger partial charge >= 0.3 is 0 Å². The minimum atomic E-state index is -0.452. The summed E-state index contributed by atoms with van der Waals surface area (Å²) >= 11 is 6.01. The molecule has 1 amide bonds. The van der Waals surface area contributed by atoms with E-state index in [2.05, 4.69) is 10.6 Å². The zero-order valence-corrected chi connectivity index (χ0v) is 11.5. The lowest BCUT2D eigenvalue weighted by molar-refractivity contribution is -0.123. The van der Waals surface area contributed by atoms with E-state index in [4.69, 9.17) is 11.6 Å². The van der Waals surface area contributed by atoms with Crippen LogP contribution < -0.4 is 10.6 Å². The smallest absolute Gasteiger partial charge is 0.231 e. The Morgan fingerprint density at radius 2 is 2.06 bits per heavy atom. The molecule has 0 heterocycles. The molecule has 4 heteroatoms. The van der Waals surface area contributed by atoms with E-state index in [9.17, 15) is 4.79 Å². The van der Waals surface area contributed by atoms with Crippen molar-refractivity contribution in [3.05, 3.63) is 28.8 Å². The Labute approximate surface area is 108 Å². The highest BCUT2D eigenvalue weighted by molar-refractivity contribution is 6.31. The Hall–Kier alpha value is -1.06. The SMILES string of the molecule is CNCC(C)(C)C(=O)Nc1ccc(C)c(Cl)c1. The summed E-state index contributed by atoms with van der Waals surface area (Å²) in [5, 5.41) is 6.54. The summed E-state index contributed by atoms with van der Waals surface area (Å²) in [6.07, 6.45) is 0. The Bertz CT molecular complexity index is 416. The van der Waals surface area contributed by atoms with Crippen LogP contribution in [0.5, 0.6) is 0 Å². The standard InChI is InChI=1S/C13H19ClN2O/c1-9-5-6-10(7-11(9)14)16-12(17)13(2,3)8-15-4/h5-7,15H,8H2,1-4H3,(H,16,17).